The van der Waals surface area contributed by atoms with Crippen molar-refractivity contribution in [3.8, 4) is 0 Å². The third-order valence-corrected chi connectivity index (χ3v) is 3.59. The molecule has 2 heterocycles. The fraction of sp³-hybridized carbons (Fsp3) is 0.333. The van der Waals surface area contributed by atoms with Gasteiger partial charge in [-0.2, -0.15) is 0 Å². The first kappa shape index (κ1) is 15.4. The maximum Gasteiger partial charge on any atom is 0.160 e. The van der Waals surface area contributed by atoms with E-state index in [4.69, 9.17) is 10.5 Å². The molecule has 4 N–H and O–H groups in total. The molecule has 0 saturated carbocycles. The van der Waals surface area contributed by atoms with Crippen molar-refractivity contribution < 1.29 is 13.5 Å². The van der Waals surface area contributed by atoms with E-state index in [1.165, 1.54) is 12.4 Å². The lowest BCUT2D eigenvalue weighted by Crippen LogP contribution is -2.20. The predicted octanol–water partition coefficient (Wildman–Crippen LogP) is 2.67. The molecule has 0 bridgehead atoms. The van der Waals surface area contributed by atoms with Crippen molar-refractivity contribution in [3.05, 3.63) is 36.2 Å². The molecule has 1 fully saturated rings. The average Bonchev–Trinajstić information content (AvgIpc) is 3.05. The fourth-order valence-corrected chi connectivity index (χ4v) is 2.36. The SMILES string of the molecule is Nc1c(NCC2CCCO2)ncnc1Nc1ccc(F)c(F)c1. The van der Waals surface area contributed by atoms with Crippen LogP contribution in [-0.4, -0.2) is 29.2 Å². The number of ether oxygens (including phenoxy) is 1. The molecule has 122 valence electrons. The smallest absolute Gasteiger partial charge is 0.160 e. The number of nitrogens with zero attached hydrogens (tertiary/aromatic N) is 2. The number of halogens is 2. The zero-order chi connectivity index (χ0) is 16.2. The van der Waals surface area contributed by atoms with Crippen LogP contribution >= 0.6 is 0 Å². The van der Waals surface area contributed by atoms with E-state index in [-0.39, 0.29) is 6.10 Å². The molecule has 1 unspecified atom stereocenters. The van der Waals surface area contributed by atoms with Gasteiger partial charge >= 0.3 is 0 Å². The summed E-state index contributed by atoms with van der Waals surface area (Å²) in [6.07, 6.45) is 3.54. The van der Waals surface area contributed by atoms with Crippen molar-refractivity contribution in [2.75, 3.05) is 29.5 Å². The van der Waals surface area contributed by atoms with Gasteiger partial charge in [0.25, 0.3) is 0 Å². The molecule has 1 saturated heterocycles. The van der Waals surface area contributed by atoms with Crippen molar-refractivity contribution in [3.63, 3.8) is 0 Å². The molecule has 1 aliphatic heterocycles. The summed E-state index contributed by atoms with van der Waals surface area (Å²) >= 11 is 0. The minimum absolute atomic E-state index is 0.145. The zero-order valence-corrected chi connectivity index (χ0v) is 12.4. The zero-order valence-electron chi connectivity index (χ0n) is 12.4. The molecule has 2 aromatic rings. The van der Waals surface area contributed by atoms with Crippen molar-refractivity contribution in [1.82, 2.24) is 9.97 Å². The number of aromatic nitrogens is 2. The van der Waals surface area contributed by atoms with E-state index < -0.39 is 11.6 Å². The standard InChI is InChI=1S/C15H17F2N5O/c16-11-4-3-9(6-12(11)17)22-15-13(18)14(20-8-21-15)19-7-10-2-1-5-23-10/h3-4,6,8,10H,1-2,5,7,18H2,(H2,19,20,21,22). The molecule has 0 spiro atoms. The lowest BCUT2D eigenvalue weighted by atomic mass is 10.2. The van der Waals surface area contributed by atoms with Crippen LogP contribution < -0.4 is 16.4 Å². The molecule has 3 rings (SSSR count). The van der Waals surface area contributed by atoms with Crippen LogP contribution in [0.5, 0.6) is 0 Å². The second-order valence-corrected chi connectivity index (χ2v) is 5.25. The predicted molar refractivity (Wildman–Crippen MR) is 83.5 cm³/mol. The van der Waals surface area contributed by atoms with Gasteiger partial charge in [0.05, 0.1) is 6.10 Å². The van der Waals surface area contributed by atoms with Crippen molar-refractivity contribution in [2.24, 2.45) is 0 Å². The summed E-state index contributed by atoms with van der Waals surface area (Å²) in [4.78, 5) is 8.13. The van der Waals surface area contributed by atoms with Gasteiger partial charge < -0.3 is 21.1 Å². The summed E-state index contributed by atoms with van der Waals surface area (Å²) in [6, 6.07) is 3.47. The van der Waals surface area contributed by atoms with Gasteiger partial charge in [-0.15, -0.1) is 0 Å². The molecule has 6 nitrogen and oxygen atoms in total. The minimum Gasteiger partial charge on any atom is -0.393 e. The summed E-state index contributed by atoms with van der Waals surface area (Å²) in [6.45, 7) is 1.38. The van der Waals surface area contributed by atoms with E-state index in [1.54, 1.807) is 0 Å². The van der Waals surface area contributed by atoms with Crippen LogP contribution in [0.2, 0.25) is 0 Å². The molecule has 1 aliphatic rings. The fourth-order valence-electron chi connectivity index (χ4n) is 2.36. The van der Waals surface area contributed by atoms with E-state index in [2.05, 4.69) is 20.6 Å². The van der Waals surface area contributed by atoms with E-state index in [1.807, 2.05) is 0 Å². The summed E-state index contributed by atoms with van der Waals surface area (Å²) in [5.41, 5.74) is 6.67. The number of rotatable bonds is 5. The van der Waals surface area contributed by atoms with Crippen molar-refractivity contribution in [2.45, 2.75) is 18.9 Å². The molecule has 0 radical (unpaired) electrons. The maximum absolute atomic E-state index is 13.3. The first-order valence-electron chi connectivity index (χ1n) is 7.31. The molecule has 23 heavy (non-hydrogen) atoms. The first-order chi connectivity index (χ1) is 11.1. The van der Waals surface area contributed by atoms with E-state index >= 15 is 0 Å². The average molecular weight is 321 g/mol. The van der Waals surface area contributed by atoms with Gasteiger partial charge in [-0.25, -0.2) is 18.7 Å². The Hall–Kier alpha value is -2.48. The van der Waals surface area contributed by atoms with Crippen molar-refractivity contribution >= 4 is 23.0 Å². The third-order valence-electron chi connectivity index (χ3n) is 3.59. The number of hydrogen-bond donors (Lipinski definition) is 3. The highest BCUT2D eigenvalue weighted by molar-refractivity contribution is 5.77. The van der Waals surface area contributed by atoms with Crippen LogP contribution in [0.3, 0.4) is 0 Å². The first-order valence-corrected chi connectivity index (χ1v) is 7.31. The highest BCUT2D eigenvalue weighted by Crippen LogP contribution is 2.26. The van der Waals surface area contributed by atoms with Gasteiger partial charge in [-0.3, -0.25) is 0 Å². The summed E-state index contributed by atoms with van der Waals surface area (Å²) < 4.78 is 31.7. The van der Waals surface area contributed by atoms with Crippen molar-refractivity contribution in [1.29, 1.82) is 0 Å². The number of hydrogen-bond acceptors (Lipinski definition) is 6. The number of nitrogen functional groups attached to an aromatic ring is 1. The Morgan fingerprint density at radius 3 is 2.78 bits per heavy atom. The van der Waals surface area contributed by atoms with E-state index in [0.717, 1.165) is 31.6 Å². The Bertz CT molecular complexity index is 692. The highest BCUT2D eigenvalue weighted by atomic mass is 19.2. The molecule has 0 amide bonds. The maximum atomic E-state index is 13.3. The van der Waals surface area contributed by atoms with Gasteiger partial charge in [-0.1, -0.05) is 0 Å². The van der Waals surface area contributed by atoms with Crippen LogP contribution in [-0.2, 0) is 4.74 Å². The number of benzene rings is 1. The lowest BCUT2D eigenvalue weighted by Gasteiger charge is -2.15. The Morgan fingerprint density at radius 1 is 1.22 bits per heavy atom. The molecule has 1 aromatic heterocycles. The number of nitrogens with two attached hydrogens (primary N) is 1. The minimum atomic E-state index is -0.945. The Morgan fingerprint density at radius 2 is 2.04 bits per heavy atom. The van der Waals surface area contributed by atoms with Crippen LogP contribution in [0, 0.1) is 11.6 Å². The van der Waals surface area contributed by atoms with Gasteiger partial charge in [0.15, 0.2) is 23.3 Å². The van der Waals surface area contributed by atoms with Gasteiger partial charge in [0.1, 0.15) is 12.0 Å². The van der Waals surface area contributed by atoms with Crippen LogP contribution in [0.25, 0.3) is 0 Å². The number of anilines is 4. The lowest BCUT2D eigenvalue weighted by molar-refractivity contribution is 0.120. The van der Waals surface area contributed by atoms with Gasteiger partial charge in [-0.05, 0) is 25.0 Å². The van der Waals surface area contributed by atoms with Crippen LogP contribution in [0.15, 0.2) is 24.5 Å². The normalized spacial score (nSPS) is 17.2. The van der Waals surface area contributed by atoms with Gasteiger partial charge in [0, 0.05) is 24.9 Å². The third kappa shape index (κ3) is 3.65. The molecule has 8 heteroatoms. The van der Waals surface area contributed by atoms with Crippen LogP contribution in [0.4, 0.5) is 31.8 Å². The summed E-state index contributed by atoms with van der Waals surface area (Å²) in [5.74, 6) is -1.06. The quantitative estimate of drug-likeness (QED) is 0.785. The highest BCUT2D eigenvalue weighted by Gasteiger charge is 2.16. The Balaban J connectivity index is 1.71. The second-order valence-electron chi connectivity index (χ2n) is 5.25. The second kappa shape index (κ2) is 6.74. The summed E-state index contributed by atoms with van der Waals surface area (Å²) in [7, 11) is 0. The molecule has 1 aromatic carbocycles. The van der Waals surface area contributed by atoms with E-state index in [9.17, 15) is 8.78 Å². The molecular formula is C15H17F2N5O. The molecule has 0 aliphatic carbocycles. The summed E-state index contributed by atoms with van der Waals surface area (Å²) in [5, 5.41) is 5.98. The molecule has 1 atom stereocenters. The van der Waals surface area contributed by atoms with Gasteiger partial charge in [0.2, 0.25) is 0 Å². The Kier molecular flexibility index (Phi) is 4.52. The topological polar surface area (TPSA) is 85.1 Å². The largest absolute Gasteiger partial charge is 0.393 e. The molecular weight excluding hydrogens is 304 g/mol. The monoisotopic (exact) mass is 321 g/mol. The van der Waals surface area contributed by atoms with Crippen LogP contribution in [0.1, 0.15) is 12.8 Å². The number of nitrogens with one attached hydrogen (secondary N) is 2. The Labute approximate surface area is 132 Å². The van der Waals surface area contributed by atoms with E-state index in [0.29, 0.717) is 29.6 Å².